The highest BCUT2D eigenvalue weighted by atomic mass is 32.1. The molecule has 1 rings (SSSR count). The van der Waals surface area contributed by atoms with Crippen molar-refractivity contribution in [2.24, 2.45) is 5.73 Å². The Labute approximate surface area is 90.3 Å². The van der Waals surface area contributed by atoms with Gasteiger partial charge in [-0.25, -0.2) is 4.98 Å². The van der Waals surface area contributed by atoms with E-state index in [2.05, 4.69) is 4.98 Å². The monoisotopic (exact) mass is 232 g/mol. The Hall–Kier alpha value is -1.02. The van der Waals surface area contributed by atoms with Gasteiger partial charge in [0.25, 0.3) is 0 Å². The molecule has 0 saturated carbocycles. The number of carboxylic acid groups (broad SMARTS) is 1. The maximum Gasteiger partial charge on any atom is 0.323 e. The quantitative estimate of drug-likeness (QED) is 0.645. The van der Waals surface area contributed by atoms with E-state index in [9.17, 15) is 9.90 Å². The van der Waals surface area contributed by atoms with Gasteiger partial charge in [-0.15, -0.1) is 11.3 Å². The lowest BCUT2D eigenvalue weighted by Gasteiger charge is -2.11. The van der Waals surface area contributed by atoms with Crippen molar-refractivity contribution < 1.29 is 19.7 Å². The molecule has 7 heteroatoms. The molecule has 0 aliphatic carbocycles. The summed E-state index contributed by atoms with van der Waals surface area (Å²) in [6.45, 7) is 0.333. The van der Waals surface area contributed by atoms with Crippen LogP contribution in [0.5, 0.6) is 0 Å². The maximum atomic E-state index is 10.5. The number of nitrogens with zero attached hydrogens (tertiary/aromatic N) is 1. The average molecular weight is 232 g/mol. The van der Waals surface area contributed by atoms with Crippen LogP contribution in [0.2, 0.25) is 0 Å². The fourth-order valence-electron chi connectivity index (χ4n) is 0.970. The third-order valence-corrected chi connectivity index (χ3v) is 2.61. The van der Waals surface area contributed by atoms with Crippen LogP contribution in [0.4, 0.5) is 0 Å². The molecule has 0 amide bonds. The Morgan fingerprint density at radius 3 is 3.00 bits per heavy atom. The first-order chi connectivity index (χ1) is 7.06. The van der Waals surface area contributed by atoms with Gasteiger partial charge in [0.1, 0.15) is 17.2 Å². The van der Waals surface area contributed by atoms with Crippen molar-refractivity contribution in [2.45, 2.75) is 18.8 Å². The first-order valence-electron chi connectivity index (χ1n) is 4.16. The molecule has 0 radical (unpaired) electrons. The molecule has 84 valence electrons. The summed E-state index contributed by atoms with van der Waals surface area (Å²) in [4.78, 5) is 14.5. The smallest absolute Gasteiger partial charge is 0.323 e. The molecule has 0 bridgehead atoms. The Bertz CT molecular complexity index is 341. The van der Waals surface area contributed by atoms with Gasteiger partial charge in [0.05, 0.1) is 12.3 Å². The number of nitrogens with two attached hydrogens (primary N) is 1. The minimum absolute atomic E-state index is 0.266. The molecule has 0 fully saturated rings. The third-order valence-electron chi connectivity index (χ3n) is 1.77. The molecular weight excluding hydrogens is 220 g/mol. The zero-order valence-electron chi connectivity index (χ0n) is 8.08. The second-order valence-electron chi connectivity index (χ2n) is 2.91. The Morgan fingerprint density at radius 1 is 1.80 bits per heavy atom. The summed E-state index contributed by atoms with van der Waals surface area (Å²) in [6.07, 6.45) is -1.29. The number of hydrogen-bond acceptors (Lipinski definition) is 6. The summed E-state index contributed by atoms with van der Waals surface area (Å²) in [7, 11) is 1.53. The lowest BCUT2D eigenvalue weighted by Crippen LogP contribution is -2.36. The summed E-state index contributed by atoms with van der Waals surface area (Å²) in [5.41, 5.74) is 5.52. The van der Waals surface area contributed by atoms with E-state index in [0.717, 1.165) is 0 Å². The molecule has 1 heterocycles. The molecule has 0 aliphatic heterocycles. The predicted octanol–water partition coefficient (Wildman–Crippen LogP) is -0.265. The second kappa shape index (κ2) is 5.17. The van der Waals surface area contributed by atoms with Gasteiger partial charge < -0.3 is 20.7 Å². The van der Waals surface area contributed by atoms with Gasteiger partial charge in [-0.2, -0.15) is 0 Å². The first-order valence-corrected chi connectivity index (χ1v) is 5.04. The van der Waals surface area contributed by atoms with Crippen LogP contribution in [0.3, 0.4) is 0 Å². The molecule has 2 unspecified atom stereocenters. The Morgan fingerprint density at radius 2 is 2.47 bits per heavy atom. The van der Waals surface area contributed by atoms with Gasteiger partial charge in [-0.05, 0) is 0 Å². The number of hydrogen-bond donors (Lipinski definition) is 3. The molecule has 0 saturated heterocycles. The minimum atomic E-state index is -1.36. The van der Waals surface area contributed by atoms with Crippen LogP contribution in [-0.2, 0) is 16.1 Å². The minimum Gasteiger partial charge on any atom is -0.480 e. The molecule has 1 aromatic heterocycles. The van der Waals surface area contributed by atoms with Gasteiger partial charge >= 0.3 is 5.97 Å². The van der Waals surface area contributed by atoms with Crippen LogP contribution in [0.25, 0.3) is 0 Å². The fourth-order valence-corrected chi connectivity index (χ4v) is 1.76. The van der Waals surface area contributed by atoms with E-state index in [1.54, 1.807) is 5.38 Å². The number of thiazole rings is 1. The van der Waals surface area contributed by atoms with Gasteiger partial charge in [0.2, 0.25) is 0 Å². The lowest BCUT2D eigenvalue weighted by atomic mass is 10.1. The van der Waals surface area contributed by atoms with E-state index in [1.807, 2.05) is 0 Å². The second-order valence-corrected chi connectivity index (χ2v) is 3.85. The first kappa shape index (κ1) is 12.1. The van der Waals surface area contributed by atoms with E-state index in [-0.39, 0.29) is 5.69 Å². The molecule has 0 aromatic carbocycles. The number of carboxylic acids is 1. The van der Waals surface area contributed by atoms with Crippen molar-refractivity contribution in [2.75, 3.05) is 7.11 Å². The van der Waals surface area contributed by atoms with Crippen molar-refractivity contribution in [1.82, 2.24) is 4.98 Å². The number of methoxy groups -OCH3 is 1. The van der Waals surface area contributed by atoms with Crippen LogP contribution in [0, 0.1) is 0 Å². The van der Waals surface area contributed by atoms with E-state index >= 15 is 0 Å². The molecule has 6 nitrogen and oxygen atoms in total. The third kappa shape index (κ3) is 2.96. The molecule has 0 aliphatic rings. The SMILES string of the molecule is COCc1nc(C(O)C(N)C(=O)O)cs1. The number of rotatable bonds is 5. The van der Waals surface area contributed by atoms with Crippen molar-refractivity contribution in [3.63, 3.8) is 0 Å². The lowest BCUT2D eigenvalue weighted by molar-refractivity contribution is -0.141. The zero-order valence-corrected chi connectivity index (χ0v) is 8.90. The molecule has 15 heavy (non-hydrogen) atoms. The Balaban J connectivity index is 2.73. The van der Waals surface area contributed by atoms with Gasteiger partial charge in [-0.3, -0.25) is 4.79 Å². The van der Waals surface area contributed by atoms with Crippen LogP contribution in [0.1, 0.15) is 16.8 Å². The fraction of sp³-hybridized carbons (Fsp3) is 0.500. The summed E-state index contributed by atoms with van der Waals surface area (Å²) in [6, 6.07) is -1.36. The van der Waals surface area contributed by atoms with E-state index < -0.39 is 18.1 Å². The molecular formula is C8H12N2O4S. The highest BCUT2D eigenvalue weighted by molar-refractivity contribution is 7.09. The average Bonchev–Trinajstić information content (AvgIpc) is 2.64. The summed E-state index contributed by atoms with van der Waals surface area (Å²) in [5, 5.41) is 20.4. The predicted molar refractivity (Wildman–Crippen MR) is 53.4 cm³/mol. The topological polar surface area (TPSA) is 106 Å². The summed E-state index contributed by atoms with van der Waals surface area (Å²) >= 11 is 1.29. The summed E-state index contributed by atoms with van der Waals surface area (Å²) in [5.74, 6) is -1.26. The van der Waals surface area contributed by atoms with E-state index in [4.69, 9.17) is 15.6 Å². The number of aromatic nitrogens is 1. The van der Waals surface area contributed by atoms with Crippen LogP contribution < -0.4 is 5.73 Å². The van der Waals surface area contributed by atoms with Gasteiger partial charge in [-0.1, -0.05) is 0 Å². The number of ether oxygens (including phenoxy) is 1. The zero-order chi connectivity index (χ0) is 11.4. The van der Waals surface area contributed by atoms with Crippen molar-refractivity contribution in [3.05, 3.63) is 16.1 Å². The highest BCUT2D eigenvalue weighted by Crippen LogP contribution is 2.19. The number of aliphatic carboxylic acids is 1. The molecule has 0 spiro atoms. The van der Waals surface area contributed by atoms with Crippen molar-refractivity contribution >= 4 is 17.3 Å². The number of aliphatic hydroxyl groups is 1. The van der Waals surface area contributed by atoms with E-state index in [1.165, 1.54) is 18.4 Å². The molecule has 1 aromatic rings. The number of carbonyl (C=O) groups is 1. The normalized spacial score (nSPS) is 14.9. The summed E-state index contributed by atoms with van der Waals surface area (Å²) < 4.78 is 4.85. The Kier molecular flexibility index (Phi) is 4.15. The van der Waals surface area contributed by atoms with Crippen molar-refractivity contribution in [3.8, 4) is 0 Å². The number of aliphatic hydroxyl groups excluding tert-OH is 1. The van der Waals surface area contributed by atoms with Crippen LogP contribution in [-0.4, -0.2) is 34.3 Å². The largest absolute Gasteiger partial charge is 0.480 e. The van der Waals surface area contributed by atoms with E-state index in [0.29, 0.717) is 11.6 Å². The van der Waals surface area contributed by atoms with Crippen molar-refractivity contribution in [1.29, 1.82) is 0 Å². The van der Waals surface area contributed by atoms with Crippen LogP contribution >= 0.6 is 11.3 Å². The van der Waals surface area contributed by atoms with Gasteiger partial charge in [0, 0.05) is 12.5 Å². The van der Waals surface area contributed by atoms with Gasteiger partial charge in [0.15, 0.2) is 0 Å². The molecule has 4 N–H and O–H groups in total. The maximum absolute atomic E-state index is 10.5. The molecule has 2 atom stereocenters. The highest BCUT2D eigenvalue weighted by Gasteiger charge is 2.25. The standard InChI is InChI=1S/C8H12N2O4S/c1-14-2-5-10-4(3-15-5)7(11)6(9)8(12)13/h3,6-7,11H,2,9H2,1H3,(H,12,13). The van der Waals surface area contributed by atoms with Crippen LogP contribution in [0.15, 0.2) is 5.38 Å².